The number of fused-ring (bicyclic) bond motifs is 1. The minimum Gasteiger partial charge on any atom is -0.367 e. The van der Waals surface area contributed by atoms with Gasteiger partial charge in [-0.05, 0) is 24.0 Å². The molecular weight excluding hydrogens is 188 g/mol. The minimum atomic E-state index is 0.590. The number of piperidine rings is 1. The van der Waals surface area contributed by atoms with Crippen molar-refractivity contribution in [2.45, 2.75) is 6.04 Å². The van der Waals surface area contributed by atoms with Crippen molar-refractivity contribution < 1.29 is 0 Å². The van der Waals surface area contributed by atoms with Crippen molar-refractivity contribution in [2.24, 2.45) is 11.8 Å². The van der Waals surface area contributed by atoms with Crippen LogP contribution in [0.1, 0.15) is 5.56 Å². The summed E-state index contributed by atoms with van der Waals surface area (Å²) < 4.78 is 0. The molecule has 2 unspecified atom stereocenters. The van der Waals surface area contributed by atoms with E-state index in [-0.39, 0.29) is 0 Å². The molecule has 1 aromatic rings. The van der Waals surface area contributed by atoms with E-state index in [1.54, 1.807) is 12.3 Å². The molecule has 0 bridgehead atoms. The number of aromatic nitrogens is 1. The first kappa shape index (κ1) is 8.69. The van der Waals surface area contributed by atoms with Crippen LogP contribution in [0.5, 0.6) is 0 Å². The highest BCUT2D eigenvalue weighted by Gasteiger charge is 2.52. The van der Waals surface area contributed by atoms with Crippen molar-refractivity contribution in [1.82, 2.24) is 10.3 Å². The van der Waals surface area contributed by atoms with E-state index in [1.165, 1.54) is 0 Å². The Morgan fingerprint density at radius 2 is 2.20 bits per heavy atom. The van der Waals surface area contributed by atoms with E-state index in [9.17, 15) is 0 Å². The van der Waals surface area contributed by atoms with Gasteiger partial charge in [0.2, 0.25) is 0 Å². The van der Waals surface area contributed by atoms with Crippen molar-refractivity contribution in [2.75, 3.05) is 18.4 Å². The zero-order valence-corrected chi connectivity index (χ0v) is 8.27. The Morgan fingerprint density at radius 1 is 1.40 bits per heavy atom. The van der Waals surface area contributed by atoms with Crippen molar-refractivity contribution >= 4 is 5.82 Å². The topological polar surface area (TPSA) is 60.7 Å². The Morgan fingerprint density at radius 3 is 2.80 bits per heavy atom. The zero-order chi connectivity index (χ0) is 10.3. The molecule has 4 heteroatoms. The first-order valence-electron chi connectivity index (χ1n) is 5.22. The van der Waals surface area contributed by atoms with Gasteiger partial charge in [0.1, 0.15) is 11.9 Å². The van der Waals surface area contributed by atoms with Crippen LogP contribution >= 0.6 is 0 Å². The number of nitriles is 1. The average Bonchev–Trinajstić information content (AvgIpc) is 2.75. The van der Waals surface area contributed by atoms with Gasteiger partial charge in [-0.1, -0.05) is 0 Å². The molecule has 15 heavy (non-hydrogen) atoms. The molecule has 2 aliphatic rings. The van der Waals surface area contributed by atoms with E-state index in [0.29, 0.717) is 11.6 Å². The molecule has 1 aromatic heterocycles. The number of nitrogens with one attached hydrogen (secondary N) is 2. The third-order valence-electron chi connectivity index (χ3n) is 3.30. The smallest absolute Gasteiger partial charge is 0.126 e. The van der Waals surface area contributed by atoms with Crippen LogP contribution in [0.25, 0.3) is 0 Å². The highest BCUT2D eigenvalue weighted by molar-refractivity contribution is 5.42. The molecular formula is C11H12N4. The molecule has 0 radical (unpaired) electrons. The van der Waals surface area contributed by atoms with Gasteiger partial charge in [-0.15, -0.1) is 0 Å². The van der Waals surface area contributed by atoms with Crippen LogP contribution in [-0.2, 0) is 0 Å². The Hall–Kier alpha value is -1.60. The second-order valence-corrected chi connectivity index (χ2v) is 4.20. The molecule has 0 aromatic carbocycles. The lowest BCUT2D eigenvalue weighted by molar-refractivity contribution is 0.695. The van der Waals surface area contributed by atoms with Crippen LogP contribution in [0.15, 0.2) is 18.3 Å². The quantitative estimate of drug-likeness (QED) is 0.733. The normalized spacial score (nSPS) is 31.8. The second kappa shape index (κ2) is 3.21. The van der Waals surface area contributed by atoms with Gasteiger partial charge in [-0.25, -0.2) is 4.98 Å². The molecule has 0 spiro atoms. The number of anilines is 1. The van der Waals surface area contributed by atoms with Crippen LogP contribution in [0.4, 0.5) is 5.82 Å². The fourth-order valence-corrected chi connectivity index (χ4v) is 2.35. The number of nitrogens with zero attached hydrogens (tertiary/aromatic N) is 2. The van der Waals surface area contributed by atoms with Gasteiger partial charge in [0.05, 0.1) is 5.56 Å². The molecule has 0 amide bonds. The Bertz CT molecular complexity index is 396. The first-order chi connectivity index (χ1) is 7.38. The van der Waals surface area contributed by atoms with Gasteiger partial charge in [-0.2, -0.15) is 5.26 Å². The summed E-state index contributed by atoms with van der Waals surface area (Å²) >= 11 is 0. The standard InChI is InChI=1S/C11H12N4/c12-3-7-1-2-10(14-4-7)15-11-8-5-13-6-9(8)11/h1-2,4,8-9,11,13H,5-6H2,(H,14,15). The minimum absolute atomic E-state index is 0.590. The van der Waals surface area contributed by atoms with E-state index < -0.39 is 0 Å². The fraction of sp³-hybridized carbons (Fsp3) is 0.455. The number of pyridine rings is 1. The predicted octanol–water partition coefficient (Wildman–Crippen LogP) is 0.583. The van der Waals surface area contributed by atoms with E-state index in [4.69, 9.17) is 5.26 Å². The van der Waals surface area contributed by atoms with E-state index in [0.717, 1.165) is 30.7 Å². The summed E-state index contributed by atoms with van der Waals surface area (Å²) in [7, 11) is 0. The summed E-state index contributed by atoms with van der Waals surface area (Å²) in [5.41, 5.74) is 0.609. The monoisotopic (exact) mass is 200 g/mol. The van der Waals surface area contributed by atoms with Crippen molar-refractivity contribution in [3.05, 3.63) is 23.9 Å². The molecule has 2 atom stereocenters. The number of hydrogen-bond acceptors (Lipinski definition) is 4. The molecule has 2 N–H and O–H groups in total. The third-order valence-corrected chi connectivity index (χ3v) is 3.30. The molecule has 2 heterocycles. The maximum Gasteiger partial charge on any atom is 0.126 e. The third kappa shape index (κ3) is 1.45. The van der Waals surface area contributed by atoms with Crippen LogP contribution in [-0.4, -0.2) is 24.1 Å². The van der Waals surface area contributed by atoms with Gasteiger partial charge in [0.25, 0.3) is 0 Å². The highest BCUT2D eigenvalue weighted by atomic mass is 15.1. The lowest BCUT2D eigenvalue weighted by Crippen LogP contribution is -2.21. The fourth-order valence-electron chi connectivity index (χ4n) is 2.35. The van der Waals surface area contributed by atoms with Crippen LogP contribution in [0.3, 0.4) is 0 Å². The first-order valence-corrected chi connectivity index (χ1v) is 5.22. The molecule has 1 saturated heterocycles. The van der Waals surface area contributed by atoms with Crippen LogP contribution < -0.4 is 10.6 Å². The number of hydrogen-bond donors (Lipinski definition) is 2. The van der Waals surface area contributed by atoms with E-state index in [2.05, 4.69) is 21.7 Å². The molecule has 2 fully saturated rings. The van der Waals surface area contributed by atoms with Gasteiger partial charge in [0, 0.05) is 25.3 Å². The predicted molar refractivity (Wildman–Crippen MR) is 56.2 cm³/mol. The average molecular weight is 200 g/mol. The summed E-state index contributed by atoms with van der Waals surface area (Å²) in [6.45, 7) is 2.25. The highest BCUT2D eigenvalue weighted by Crippen LogP contribution is 2.43. The largest absolute Gasteiger partial charge is 0.367 e. The van der Waals surface area contributed by atoms with Gasteiger partial charge in [0.15, 0.2) is 0 Å². The summed E-state index contributed by atoms with van der Waals surface area (Å²) in [6.07, 6.45) is 1.61. The Balaban J connectivity index is 1.66. The van der Waals surface area contributed by atoms with Crippen molar-refractivity contribution in [1.29, 1.82) is 5.26 Å². The van der Waals surface area contributed by atoms with Gasteiger partial charge in [-0.3, -0.25) is 0 Å². The van der Waals surface area contributed by atoms with E-state index in [1.807, 2.05) is 6.07 Å². The van der Waals surface area contributed by atoms with Crippen molar-refractivity contribution in [3.63, 3.8) is 0 Å². The van der Waals surface area contributed by atoms with E-state index >= 15 is 0 Å². The Kier molecular flexibility index (Phi) is 1.86. The molecule has 3 rings (SSSR count). The number of rotatable bonds is 2. The van der Waals surface area contributed by atoms with Crippen molar-refractivity contribution in [3.8, 4) is 6.07 Å². The summed E-state index contributed by atoms with van der Waals surface area (Å²) in [4.78, 5) is 4.20. The molecule has 1 aliphatic carbocycles. The zero-order valence-electron chi connectivity index (χ0n) is 8.27. The molecule has 1 aliphatic heterocycles. The lowest BCUT2D eigenvalue weighted by atomic mass is 10.3. The maximum atomic E-state index is 8.64. The SMILES string of the molecule is N#Cc1ccc(NC2C3CNCC32)nc1. The molecule has 1 saturated carbocycles. The van der Waals surface area contributed by atoms with Crippen LogP contribution in [0.2, 0.25) is 0 Å². The van der Waals surface area contributed by atoms with Crippen LogP contribution in [0, 0.1) is 23.2 Å². The van der Waals surface area contributed by atoms with Gasteiger partial charge >= 0.3 is 0 Å². The second-order valence-electron chi connectivity index (χ2n) is 4.20. The molecule has 4 nitrogen and oxygen atoms in total. The summed E-state index contributed by atoms with van der Waals surface area (Å²) in [5, 5.41) is 15.4. The maximum absolute atomic E-state index is 8.64. The summed E-state index contributed by atoms with van der Waals surface area (Å²) in [6, 6.07) is 6.32. The lowest BCUT2D eigenvalue weighted by Gasteiger charge is -2.07. The Labute approximate surface area is 88.3 Å². The molecule has 76 valence electrons. The van der Waals surface area contributed by atoms with Gasteiger partial charge < -0.3 is 10.6 Å². The summed E-state index contributed by atoms with van der Waals surface area (Å²) in [5.74, 6) is 2.44.